The summed E-state index contributed by atoms with van der Waals surface area (Å²) in [4.78, 5) is 28.1. The number of carbonyl (C=O) groups excluding carboxylic acids is 2. The zero-order chi connectivity index (χ0) is 17.5. The van der Waals surface area contributed by atoms with Gasteiger partial charge in [-0.2, -0.15) is 0 Å². The zero-order valence-electron chi connectivity index (χ0n) is 14.9. The van der Waals surface area contributed by atoms with E-state index in [9.17, 15) is 9.59 Å². The van der Waals surface area contributed by atoms with E-state index in [1.54, 1.807) is 18.2 Å². The average Bonchev–Trinajstić information content (AvgIpc) is 2.96. The number of amides is 1. The second kappa shape index (κ2) is 8.99. The number of hydrogen-bond donors (Lipinski definition) is 0. The van der Waals surface area contributed by atoms with Crippen LogP contribution in [-0.4, -0.2) is 60.8 Å². The van der Waals surface area contributed by atoms with Crippen LogP contribution < -0.4 is 4.74 Å². The van der Waals surface area contributed by atoms with Crippen LogP contribution in [0.5, 0.6) is 5.75 Å². The molecule has 0 spiro atoms. The fraction of sp³-hybridized carbons (Fsp3) is 0.600. The maximum atomic E-state index is 12.6. The van der Waals surface area contributed by atoms with E-state index in [1.807, 2.05) is 11.0 Å². The van der Waals surface area contributed by atoms with Gasteiger partial charge in [0, 0.05) is 19.1 Å². The predicted octanol–water partition coefficient (Wildman–Crippen LogP) is 2.74. The van der Waals surface area contributed by atoms with Crippen molar-refractivity contribution in [3.63, 3.8) is 0 Å². The summed E-state index contributed by atoms with van der Waals surface area (Å²) in [5.74, 6) is 0.493. The maximum Gasteiger partial charge on any atom is 0.260 e. The van der Waals surface area contributed by atoms with Crippen LogP contribution >= 0.6 is 0 Å². The van der Waals surface area contributed by atoms with E-state index in [1.165, 1.54) is 32.1 Å². The van der Waals surface area contributed by atoms with Gasteiger partial charge < -0.3 is 9.64 Å². The number of nitrogens with zero attached hydrogens (tertiary/aromatic N) is 2. The van der Waals surface area contributed by atoms with Gasteiger partial charge in [-0.15, -0.1) is 0 Å². The lowest BCUT2D eigenvalue weighted by atomic mass is 10.0. The minimum absolute atomic E-state index is 0.00241. The normalized spacial score (nSPS) is 22.2. The summed E-state index contributed by atoms with van der Waals surface area (Å²) in [6.45, 7) is 3.93. The van der Waals surface area contributed by atoms with Crippen LogP contribution in [0.3, 0.4) is 0 Å². The first-order valence-electron chi connectivity index (χ1n) is 9.47. The quantitative estimate of drug-likeness (QED) is 0.771. The van der Waals surface area contributed by atoms with Crippen molar-refractivity contribution < 1.29 is 14.3 Å². The molecular formula is C20H28N2O3. The maximum absolute atomic E-state index is 12.6. The lowest BCUT2D eigenvalue weighted by molar-refractivity contribution is -0.135. The number of hydrogen-bond acceptors (Lipinski definition) is 4. The van der Waals surface area contributed by atoms with Crippen molar-refractivity contribution in [2.24, 2.45) is 0 Å². The highest BCUT2D eigenvalue weighted by Crippen LogP contribution is 2.21. The van der Waals surface area contributed by atoms with Gasteiger partial charge >= 0.3 is 0 Å². The molecule has 5 heteroatoms. The van der Waals surface area contributed by atoms with E-state index in [0.717, 1.165) is 38.9 Å². The highest BCUT2D eigenvalue weighted by molar-refractivity contribution is 5.81. The van der Waals surface area contributed by atoms with E-state index in [-0.39, 0.29) is 12.5 Å². The molecule has 25 heavy (non-hydrogen) atoms. The second-order valence-electron chi connectivity index (χ2n) is 7.03. The predicted molar refractivity (Wildman–Crippen MR) is 97.0 cm³/mol. The number of aldehydes is 1. The molecule has 3 rings (SSSR count). The largest absolute Gasteiger partial charge is 0.483 e. The molecule has 0 aromatic heterocycles. The van der Waals surface area contributed by atoms with Gasteiger partial charge in [0.15, 0.2) is 12.9 Å². The molecule has 0 bridgehead atoms. The fourth-order valence-corrected chi connectivity index (χ4v) is 3.88. The number of para-hydroxylation sites is 1. The van der Waals surface area contributed by atoms with Crippen molar-refractivity contribution in [2.75, 3.05) is 32.8 Å². The minimum atomic E-state index is -0.00241. The van der Waals surface area contributed by atoms with E-state index < -0.39 is 0 Å². The molecule has 0 N–H and O–H groups in total. The molecule has 0 aliphatic carbocycles. The average molecular weight is 344 g/mol. The van der Waals surface area contributed by atoms with Crippen LogP contribution in [0, 0.1) is 0 Å². The van der Waals surface area contributed by atoms with Crippen LogP contribution in [0.2, 0.25) is 0 Å². The van der Waals surface area contributed by atoms with Crippen LogP contribution in [0.1, 0.15) is 48.9 Å². The molecule has 5 nitrogen and oxygen atoms in total. The Labute approximate surface area is 149 Å². The number of likely N-dealkylation sites (tertiary alicyclic amines) is 2. The van der Waals surface area contributed by atoms with E-state index in [2.05, 4.69) is 4.90 Å². The first-order valence-corrected chi connectivity index (χ1v) is 9.47. The monoisotopic (exact) mass is 344 g/mol. The van der Waals surface area contributed by atoms with Gasteiger partial charge in [0.1, 0.15) is 5.75 Å². The Morgan fingerprint density at radius 1 is 1.08 bits per heavy atom. The Morgan fingerprint density at radius 2 is 1.84 bits per heavy atom. The third-order valence-electron chi connectivity index (χ3n) is 5.30. The Balaban J connectivity index is 1.53. The van der Waals surface area contributed by atoms with Crippen molar-refractivity contribution in [1.29, 1.82) is 0 Å². The Hall–Kier alpha value is -1.88. The number of benzene rings is 1. The number of rotatable bonds is 5. The molecule has 1 aromatic carbocycles. The van der Waals surface area contributed by atoms with Crippen LogP contribution in [-0.2, 0) is 4.79 Å². The fourth-order valence-electron chi connectivity index (χ4n) is 3.88. The SMILES string of the molecule is O=Cc1ccccc1OCC(=O)N1CCCC(N2CCCCCC2)C1. The first kappa shape index (κ1) is 17.9. The highest BCUT2D eigenvalue weighted by atomic mass is 16.5. The zero-order valence-corrected chi connectivity index (χ0v) is 14.9. The van der Waals surface area contributed by atoms with Crippen LogP contribution in [0.15, 0.2) is 24.3 Å². The molecule has 1 aromatic rings. The molecule has 136 valence electrons. The summed E-state index contributed by atoms with van der Waals surface area (Å²) < 4.78 is 5.61. The molecule has 2 heterocycles. The van der Waals surface area contributed by atoms with E-state index in [0.29, 0.717) is 17.4 Å². The van der Waals surface area contributed by atoms with Crippen molar-refractivity contribution in [2.45, 2.75) is 44.6 Å². The Kier molecular flexibility index (Phi) is 6.45. The molecule has 2 aliphatic heterocycles. The summed E-state index contributed by atoms with van der Waals surface area (Å²) in [5.41, 5.74) is 0.483. The summed E-state index contributed by atoms with van der Waals surface area (Å²) >= 11 is 0. The number of carbonyl (C=O) groups is 2. The van der Waals surface area contributed by atoms with E-state index >= 15 is 0 Å². The Bertz CT molecular complexity index is 582. The molecular weight excluding hydrogens is 316 g/mol. The van der Waals surface area contributed by atoms with Gasteiger partial charge in [-0.1, -0.05) is 25.0 Å². The third-order valence-corrected chi connectivity index (χ3v) is 5.30. The van der Waals surface area contributed by atoms with Crippen molar-refractivity contribution >= 4 is 12.2 Å². The third kappa shape index (κ3) is 4.82. The van der Waals surface area contributed by atoms with Gasteiger partial charge in [0.25, 0.3) is 5.91 Å². The molecule has 0 saturated carbocycles. The molecule has 2 aliphatic rings. The lowest BCUT2D eigenvalue weighted by Crippen LogP contribution is -2.51. The summed E-state index contributed by atoms with van der Waals surface area (Å²) in [6, 6.07) is 7.51. The molecule has 1 amide bonds. The second-order valence-corrected chi connectivity index (χ2v) is 7.03. The lowest BCUT2D eigenvalue weighted by Gasteiger charge is -2.39. The first-order chi connectivity index (χ1) is 12.3. The van der Waals surface area contributed by atoms with Crippen LogP contribution in [0.25, 0.3) is 0 Å². The summed E-state index contributed by atoms with van der Waals surface area (Å²) in [6.07, 6.45) is 8.20. The topological polar surface area (TPSA) is 49.9 Å². The molecule has 2 saturated heterocycles. The van der Waals surface area contributed by atoms with Crippen molar-refractivity contribution in [3.8, 4) is 5.75 Å². The Morgan fingerprint density at radius 3 is 2.60 bits per heavy atom. The summed E-state index contributed by atoms with van der Waals surface area (Å²) in [7, 11) is 0. The smallest absolute Gasteiger partial charge is 0.260 e. The van der Waals surface area contributed by atoms with Gasteiger partial charge in [-0.05, 0) is 50.9 Å². The van der Waals surface area contributed by atoms with Gasteiger partial charge in [-0.3, -0.25) is 14.5 Å². The summed E-state index contributed by atoms with van der Waals surface area (Å²) in [5, 5.41) is 0. The van der Waals surface area contributed by atoms with Crippen LogP contribution in [0.4, 0.5) is 0 Å². The van der Waals surface area contributed by atoms with Crippen molar-refractivity contribution in [3.05, 3.63) is 29.8 Å². The number of ether oxygens (including phenoxy) is 1. The molecule has 1 atom stereocenters. The van der Waals surface area contributed by atoms with Gasteiger partial charge in [-0.25, -0.2) is 0 Å². The van der Waals surface area contributed by atoms with Gasteiger partial charge in [0.2, 0.25) is 0 Å². The molecule has 0 radical (unpaired) electrons. The minimum Gasteiger partial charge on any atom is -0.483 e. The standard InChI is InChI=1S/C20H28N2O3/c23-15-17-8-3-4-10-19(17)25-16-20(24)22-13-7-9-18(14-22)21-11-5-1-2-6-12-21/h3-4,8,10,15,18H,1-2,5-7,9,11-14,16H2. The molecule has 1 unspecified atom stereocenters. The molecule has 2 fully saturated rings. The van der Waals surface area contributed by atoms with Crippen molar-refractivity contribution in [1.82, 2.24) is 9.80 Å². The van der Waals surface area contributed by atoms with E-state index in [4.69, 9.17) is 4.74 Å². The van der Waals surface area contributed by atoms with Gasteiger partial charge in [0.05, 0.1) is 5.56 Å². The number of piperidine rings is 1. The highest BCUT2D eigenvalue weighted by Gasteiger charge is 2.28.